The average molecular weight is 406 g/mol. The number of fused-ring (bicyclic) bond motifs is 2. The summed E-state index contributed by atoms with van der Waals surface area (Å²) in [6, 6.07) is 7.86. The summed E-state index contributed by atoms with van der Waals surface area (Å²) in [5.41, 5.74) is 4.51. The molecular formula is C20H16ClN7O. The fourth-order valence-corrected chi connectivity index (χ4v) is 3.76. The second-order valence-electron chi connectivity index (χ2n) is 6.56. The highest BCUT2D eigenvalue weighted by molar-refractivity contribution is 6.34. The molecule has 1 aromatic carbocycles. The first-order valence-corrected chi connectivity index (χ1v) is 9.45. The molecule has 9 heteroatoms. The lowest BCUT2D eigenvalue weighted by Crippen LogP contribution is -2.18. The van der Waals surface area contributed by atoms with E-state index < -0.39 is 0 Å². The van der Waals surface area contributed by atoms with Gasteiger partial charge in [0.05, 0.1) is 28.6 Å². The predicted octanol–water partition coefficient (Wildman–Crippen LogP) is 4.23. The maximum absolute atomic E-state index is 13.0. The minimum absolute atomic E-state index is 0.312. The van der Waals surface area contributed by atoms with Gasteiger partial charge in [0.2, 0.25) is 0 Å². The molecule has 0 aliphatic carbocycles. The smallest absolute Gasteiger partial charge is 0.275 e. The van der Waals surface area contributed by atoms with Crippen LogP contribution in [-0.2, 0) is 6.54 Å². The summed E-state index contributed by atoms with van der Waals surface area (Å²) in [7, 11) is 0. The molecule has 0 aliphatic heterocycles. The lowest BCUT2D eigenvalue weighted by Gasteiger charge is -2.11. The Labute approximate surface area is 169 Å². The van der Waals surface area contributed by atoms with E-state index in [-0.39, 0.29) is 5.91 Å². The molecule has 4 heterocycles. The van der Waals surface area contributed by atoms with Crippen molar-refractivity contribution in [3.8, 4) is 11.1 Å². The molecule has 0 saturated heterocycles. The van der Waals surface area contributed by atoms with Gasteiger partial charge in [-0.3, -0.25) is 14.6 Å². The van der Waals surface area contributed by atoms with Crippen molar-refractivity contribution in [1.29, 1.82) is 0 Å². The van der Waals surface area contributed by atoms with Crippen molar-refractivity contribution < 1.29 is 4.79 Å². The fourth-order valence-electron chi connectivity index (χ4n) is 3.53. The average Bonchev–Trinajstić information content (AvgIpc) is 3.46. The number of benzene rings is 1. The van der Waals surface area contributed by atoms with Crippen molar-refractivity contribution in [3.63, 3.8) is 0 Å². The largest absolute Gasteiger partial charge is 0.346 e. The first-order chi connectivity index (χ1) is 14.2. The number of carbonyl (C=O) groups is 1. The summed E-state index contributed by atoms with van der Waals surface area (Å²) in [5.74, 6) is -0.324. The maximum atomic E-state index is 13.0. The normalized spacial score (nSPS) is 11.4. The monoisotopic (exact) mass is 405 g/mol. The number of aromatic amines is 2. The zero-order chi connectivity index (χ0) is 20.0. The molecule has 3 N–H and O–H groups in total. The van der Waals surface area contributed by atoms with Gasteiger partial charge in [0, 0.05) is 29.7 Å². The lowest BCUT2D eigenvalue weighted by molar-refractivity contribution is 0.101. The third kappa shape index (κ3) is 2.85. The third-order valence-corrected chi connectivity index (χ3v) is 5.16. The molecule has 0 radical (unpaired) electrons. The summed E-state index contributed by atoms with van der Waals surface area (Å²) in [5, 5.41) is 16.3. The number of rotatable bonds is 4. The molecule has 144 valence electrons. The lowest BCUT2D eigenvalue weighted by atomic mass is 10.0. The quantitative estimate of drug-likeness (QED) is 0.416. The molecular weight excluding hydrogens is 390 g/mol. The van der Waals surface area contributed by atoms with Crippen LogP contribution in [0.5, 0.6) is 0 Å². The van der Waals surface area contributed by atoms with Gasteiger partial charge in [-0.15, -0.1) is 0 Å². The summed E-state index contributed by atoms with van der Waals surface area (Å²) < 4.78 is 1.57. The second-order valence-corrected chi connectivity index (χ2v) is 6.97. The van der Waals surface area contributed by atoms with Crippen LogP contribution in [0.25, 0.3) is 33.1 Å². The zero-order valence-corrected chi connectivity index (χ0v) is 16.2. The number of aryl methyl sites for hydroxylation is 1. The van der Waals surface area contributed by atoms with Gasteiger partial charge < -0.3 is 10.3 Å². The summed E-state index contributed by atoms with van der Waals surface area (Å²) in [6.07, 6.45) is 6.77. The van der Waals surface area contributed by atoms with Gasteiger partial charge in [-0.25, -0.2) is 4.98 Å². The van der Waals surface area contributed by atoms with E-state index in [0.717, 1.165) is 33.1 Å². The number of anilines is 1. The number of nitrogens with one attached hydrogen (secondary N) is 3. The van der Waals surface area contributed by atoms with Crippen LogP contribution < -0.4 is 5.32 Å². The molecule has 0 saturated carbocycles. The van der Waals surface area contributed by atoms with Crippen LogP contribution in [0.1, 0.15) is 17.4 Å². The van der Waals surface area contributed by atoms with Gasteiger partial charge in [0.1, 0.15) is 11.3 Å². The highest BCUT2D eigenvalue weighted by atomic mass is 35.5. The Morgan fingerprint density at radius 2 is 2.14 bits per heavy atom. The van der Waals surface area contributed by atoms with Crippen LogP contribution in [0, 0.1) is 0 Å². The van der Waals surface area contributed by atoms with Gasteiger partial charge in [-0.1, -0.05) is 11.6 Å². The van der Waals surface area contributed by atoms with Crippen LogP contribution in [-0.4, -0.2) is 35.9 Å². The number of H-pyrrole nitrogens is 2. The number of pyridine rings is 1. The van der Waals surface area contributed by atoms with E-state index in [1.807, 2.05) is 37.4 Å². The van der Waals surface area contributed by atoms with E-state index in [2.05, 4.69) is 30.6 Å². The van der Waals surface area contributed by atoms with E-state index in [9.17, 15) is 4.79 Å². The number of carbonyl (C=O) groups excluding carboxylic acids is 1. The maximum Gasteiger partial charge on any atom is 0.275 e. The summed E-state index contributed by atoms with van der Waals surface area (Å²) in [6.45, 7) is 2.44. The molecule has 29 heavy (non-hydrogen) atoms. The molecule has 0 aliphatic rings. The van der Waals surface area contributed by atoms with E-state index in [1.165, 1.54) is 6.20 Å². The molecule has 0 atom stereocenters. The zero-order valence-electron chi connectivity index (χ0n) is 15.4. The Morgan fingerprint density at radius 1 is 1.24 bits per heavy atom. The van der Waals surface area contributed by atoms with E-state index in [1.54, 1.807) is 17.1 Å². The van der Waals surface area contributed by atoms with E-state index >= 15 is 0 Å². The van der Waals surface area contributed by atoms with Crippen molar-refractivity contribution in [2.75, 3.05) is 5.32 Å². The Balaban J connectivity index is 1.63. The SMILES string of the molecule is CCn1ncc(Cl)c1C(=O)Nc1cc(-c2ccnc3[nH]ccc23)cc2[nH]ncc12. The first-order valence-electron chi connectivity index (χ1n) is 9.08. The van der Waals surface area contributed by atoms with Crippen molar-refractivity contribution in [1.82, 2.24) is 29.9 Å². The molecule has 1 amide bonds. The predicted molar refractivity (Wildman–Crippen MR) is 112 cm³/mol. The van der Waals surface area contributed by atoms with Crippen LogP contribution in [0.2, 0.25) is 5.02 Å². The van der Waals surface area contributed by atoms with Crippen molar-refractivity contribution in [2.24, 2.45) is 0 Å². The number of aromatic nitrogens is 6. The van der Waals surface area contributed by atoms with Gasteiger partial charge in [-0.05, 0) is 42.3 Å². The van der Waals surface area contributed by atoms with Gasteiger partial charge in [0.15, 0.2) is 0 Å². The second kappa shape index (κ2) is 6.75. The van der Waals surface area contributed by atoms with Gasteiger partial charge in [0.25, 0.3) is 5.91 Å². The number of halogens is 1. The minimum Gasteiger partial charge on any atom is -0.346 e. The first kappa shape index (κ1) is 17.4. The molecule has 5 aromatic rings. The van der Waals surface area contributed by atoms with Gasteiger partial charge >= 0.3 is 0 Å². The highest BCUT2D eigenvalue weighted by Crippen LogP contribution is 2.33. The molecule has 0 fully saturated rings. The van der Waals surface area contributed by atoms with E-state index in [4.69, 9.17) is 11.6 Å². The Bertz CT molecular complexity index is 1360. The number of amides is 1. The topological polar surface area (TPSA) is 104 Å². The Morgan fingerprint density at radius 3 is 3.00 bits per heavy atom. The molecule has 8 nitrogen and oxygen atoms in total. The number of hydrogen-bond acceptors (Lipinski definition) is 4. The summed E-state index contributed by atoms with van der Waals surface area (Å²) in [4.78, 5) is 20.4. The molecule has 0 unspecified atom stereocenters. The van der Waals surface area contributed by atoms with E-state index in [0.29, 0.717) is 22.9 Å². The fraction of sp³-hybridized carbons (Fsp3) is 0.100. The molecule has 5 rings (SSSR count). The highest BCUT2D eigenvalue weighted by Gasteiger charge is 2.19. The van der Waals surface area contributed by atoms with Crippen molar-refractivity contribution in [3.05, 3.63) is 59.8 Å². The Kier molecular flexibility index (Phi) is 4.06. The standard InChI is InChI=1S/C20H16ClN7O/c1-2-28-18(15(21)10-25-28)20(29)26-16-7-11(8-17-14(16)9-24-27-17)12-3-5-22-19-13(12)4-6-23-19/h3-10H,2H2,1H3,(H,22,23)(H,24,27)(H,26,29). The van der Waals surface area contributed by atoms with Crippen LogP contribution in [0.4, 0.5) is 5.69 Å². The Hall–Kier alpha value is -3.65. The van der Waals surface area contributed by atoms with Crippen LogP contribution >= 0.6 is 11.6 Å². The number of nitrogens with zero attached hydrogens (tertiary/aromatic N) is 4. The van der Waals surface area contributed by atoms with Crippen molar-refractivity contribution in [2.45, 2.75) is 13.5 Å². The molecule has 4 aromatic heterocycles. The van der Waals surface area contributed by atoms with Crippen molar-refractivity contribution >= 4 is 45.1 Å². The molecule has 0 spiro atoms. The molecule has 0 bridgehead atoms. The summed E-state index contributed by atoms with van der Waals surface area (Å²) >= 11 is 6.19. The van der Waals surface area contributed by atoms with Gasteiger partial charge in [-0.2, -0.15) is 10.2 Å². The third-order valence-electron chi connectivity index (χ3n) is 4.89. The minimum atomic E-state index is -0.324. The number of hydrogen-bond donors (Lipinski definition) is 3. The van der Waals surface area contributed by atoms with Crippen LogP contribution in [0.3, 0.4) is 0 Å². The van der Waals surface area contributed by atoms with Crippen LogP contribution in [0.15, 0.2) is 49.1 Å².